The van der Waals surface area contributed by atoms with Gasteiger partial charge >= 0.3 is 5.51 Å². The van der Waals surface area contributed by atoms with Crippen molar-refractivity contribution in [1.29, 1.82) is 0 Å². The van der Waals surface area contributed by atoms with E-state index < -0.39 is 17.4 Å². The molecule has 1 aromatic rings. The molecule has 108 valence electrons. The molecule has 0 saturated carbocycles. The molecule has 1 rings (SSSR count). The Morgan fingerprint density at radius 2 is 2.05 bits per heavy atom. The number of hydrogen-bond donors (Lipinski definition) is 1. The van der Waals surface area contributed by atoms with Crippen LogP contribution in [0, 0.1) is 5.82 Å². The summed E-state index contributed by atoms with van der Waals surface area (Å²) < 4.78 is 54.5. The summed E-state index contributed by atoms with van der Waals surface area (Å²) in [6.45, 7) is 1.81. The molecule has 1 atom stereocenters. The maximum Gasteiger partial charge on any atom is 0.441 e. The molecule has 0 radical (unpaired) electrons. The Bertz CT molecular complexity index is 411. The highest BCUT2D eigenvalue weighted by atomic mass is 32.2. The van der Waals surface area contributed by atoms with Gasteiger partial charge in [-0.25, -0.2) is 4.39 Å². The number of benzene rings is 1. The molecule has 0 aliphatic rings. The molecule has 1 unspecified atom stereocenters. The van der Waals surface area contributed by atoms with Gasteiger partial charge in [0.15, 0.2) is 0 Å². The van der Waals surface area contributed by atoms with Crippen LogP contribution in [0.5, 0.6) is 5.75 Å². The largest absolute Gasteiger partial charge is 0.496 e. The predicted molar refractivity (Wildman–Crippen MR) is 67.9 cm³/mol. The van der Waals surface area contributed by atoms with Gasteiger partial charge in [0.1, 0.15) is 11.6 Å². The molecule has 0 bridgehead atoms. The van der Waals surface area contributed by atoms with Crippen LogP contribution in [-0.4, -0.2) is 24.9 Å². The Kier molecular flexibility index (Phi) is 5.93. The summed E-state index contributed by atoms with van der Waals surface area (Å²) in [6.07, 6.45) is 0. The van der Waals surface area contributed by atoms with Crippen LogP contribution in [0.1, 0.15) is 18.5 Å². The standard InChI is InChI=1S/C12H15F4NOS/c1-8(17-6-7-19-12(14,15)16)11-9(13)4-3-5-10(11)18-2/h3-5,8,17H,6-7H2,1-2H3. The van der Waals surface area contributed by atoms with Crippen LogP contribution in [0.15, 0.2) is 18.2 Å². The Balaban J connectivity index is 2.56. The van der Waals surface area contributed by atoms with Crippen molar-refractivity contribution in [3.8, 4) is 5.75 Å². The highest BCUT2D eigenvalue weighted by Crippen LogP contribution is 2.30. The maximum absolute atomic E-state index is 13.7. The van der Waals surface area contributed by atoms with Crippen LogP contribution in [0.25, 0.3) is 0 Å². The van der Waals surface area contributed by atoms with E-state index in [0.29, 0.717) is 11.3 Å². The molecule has 0 fully saturated rings. The zero-order chi connectivity index (χ0) is 14.5. The molecule has 0 saturated heterocycles. The van der Waals surface area contributed by atoms with E-state index in [-0.39, 0.29) is 24.1 Å². The van der Waals surface area contributed by atoms with Crippen LogP contribution >= 0.6 is 11.8 Å². The van der Waals surface area contributed by atoms with Crippen molar-refractivity contribution in [1.82, 2.24) is 5.32 Å². The van der Waals surface area contributed by atoms with Gasteiger partial charge in [0.2, 0.25) is 0 Å². The van der Waals surface area contributed by atoms with Crippen molar-refractivity contribution in [2.24, 2.45) is 0 Å². The highest BCUT2D eigenvalue weighted by molar-refractivity contribution is 8.00. The van der Waals surface area contributed by atoms with Gasteiger partial charge in [0.25, 0.3) is 0 Å². The first kappa shape index (κ1) is 16.1. The maximum atomic E-state index is 13.7. The molecule has 0 heterocycles. The third-order valence-electron chi connectivity index (χ3n) is 2.48. The number of methoxy groups -OCH3 is 1. The first-order chi connectivity index (χ1) is 8.85. The van der Waals surface area contributed by atoms with Gasteiger partial charge in [-0.15, -0.1) is 0 Å². The van der Waals surface area contributed by atoms with E-state index in [0.717, 1.165) is 0 Å². The van der Waals surface area contributed by atoms with E-state index in [4.69, 9.17) is 4.74 Å². The lowest BCUT2D eigenvalue weighted by Crippen LogP contribution is -2.23. The van der Waals surface area contributed by atoms with Gasteiger partial charge in [-0.05, 0) is 30.8 Å². The highest BCUT2D eigenvalue weighted by Gasteiger charge is 2.27. The minimum atomic E-state index is -4.24. The molecule has 1 N–H and O–H groups in total. The summed E-state index contributed by atoms with van der Waals surface area (Å²) >= 11 is -0.103. The molecule has 19 heavy (non-hydrogen) atoms. The summed E-state index contributed by atoms with van der Waals surface area (Å²) in [4.78, 5) is 0. The van der Waals surface area contributed by atoms with Crippen LogP contribution in [-0.2, 0) is 0 Å². The second kappa shape index (κ2) is 7.00. The number of halogens is 4. The van der Waals surface area contributed by atoms with Crippen molar-refractivity contribution >= 4 is 11.8 Å². The second-order valence-corrected chi connectivity index (χ2v) is 4.99. The SMILES string of the molecule is COc1cccc(F)c1C(C)NCCSC(F)(F)F. The van der Waals surface area contributed by atoms with Crippen molar-refractivity contribution in [2.75, 3.05) is 19.4 Å². The lowest BCUT2D eigenvalue weighted by Gasteiger charge is -2.18. The van der Waals surface area contributed by atoms with E-state index >= 15 is 0 Å². The van der Waals surface area contributed by atoms with Gasteiger partial charge in [-0.1, -0.05) is 6.07 Å². The lowest BCUT2D eigenvalue weighted by atomic mass is 10.1. The fourth-order valence-electron chi connectivity index (χ4n) is 1.66. The van der Waals surface area contributed by atoms with Crippen LogP contribution in [0.2, 0.25) is 0 Å². The molecule has 0 spiro atoms. The Labute approximate surface area is 113 Å². The monoisotopic (exact) mass is 297 g/mol. The van der Waals surface area contributed by atoms with E-state index in [1.807, 2.05) is 0 Å². The zero-order valence-electron chi connectivity index (χ0n) is 10.6. The van der Waals surface area contributed by atoms with Crippen molar-refractivity contribution < 1.29 is 22.3 Å². The molecule has 7 heteroatoms. The average molecular weight is 297 g/mol. The van der Waals surface area contributed by atoms with E-state index in [1.54, 1.807) is 13.0 Å². The topological polar surface area (TPSA) is 21.3 Å². The third-order valence-corrected chi connectivity index (χ3v) is 3.22. The number of thioether (sulfide) groups is 1. The van der Waals surface area contributed by atoms with Crippen LogP contribution in [0.4, 0.5) is 17.6 Å². The quantitative estimate of drug-likeness (QED) is 0.638. The van der Waals surface area contributed by atoms with Gasteiger partial charge < -0.3 is 10.1 Å². The van der Waals surface area contributed by atoms with Crippen LogP contribution in [0.3, 0.4) is 0 Å². The first-order valence-electron chi connectivity index (χ1n) is 5.61. The number of nitrogens with one attached hydrogen (secondary N) is 1. The van der Waals surface area contributed by atoms with E-state index in [1.165, 1.54) is 19.2 Å². The van der Waals surface area contributed by atoms with Crippen LogP contribution < -0.4 is 10.1 Å². The van der Waals surface area contributed by atoms with Crippen molar-refractivity contribution in [2.45, 2.75) is 18.5 Å². The number of rotatable bonds is 6. The first-order valence-corrected chi connectivity index (χ1v) is 6.60. The van der Waals surface area contributed by atoms with E-state index in [9.17, 15) is 17.6 Å². The Morgan fingerprint density at radius 1 is 1.37 bits per heavy atom. The molecular weight excluding hydrogens is 282 g/mol. The molecule has 0 aliphatic heterocycles. The fourth-order valence-corrected chi connectivity index (χ4v) is 2.11. The summed E-state index contributed by atoms with van der Waals surface area (Å²) in [6, 6.07) is 4.00. The zero-order valence-corrected chi connectivity index (χ0v) is 11.4. The molecule has 0 aromatic heterocycles. The van der Waals surface area contributed by atoms with Crippen molar-refractivity contribution in [3.63, 3.8) is 0 Å². The average Bonchev–Trinajstić information content (AvgIpc) is 2.32. The Morgan fingerprint density at radius 3 is 2.63 bits per heavy atom. The molecule has 2 nitrogen and oxygen atoms in total. The summed E-state index contributed by atoms with van der Waals surface area (Å²) in [5.41, 5.74) is -3.91. The molecular formula is C12H15F4NOS. The number of ether oxygens (including phenoxy) is 1. The van der Waals surface area contributed by atoms with Gasteiger partial charge in [-0.2, -0.15) is 13.2 Å². The number of alkyl halides is 3. The Hall–Kier alpha value is -0.950. The third kappa shape index (κ3) is 5.28. The summed E-state index contributed by atoms with van der Waals surface area (Å²) in [5, 5.41) is 2.85. The predicted octanol–water partition coefficient (Wildman–Crippen LogP) is 3.74. The summed E-state index contributed by atoms with van der Waals surface area (Å²) in [5.74, 6) is -0.184. The minimum absolute atomic E-state index is 0.103. The molecule has 0 aliphatic carbocycles. The van der Waals surface area contributed by atoms with Crippen molar-refractivity contribution in [3.05, 3.63) is 29.6 Å². The second-order valence-electron chi connectivity index (χ2n) is 3.83. The fraction of sp³-hybridized carbons (Fsp3) is 0.500. The smallest absolute Gasteiger partial charge is 0.441 e. The minimum Gasteiger partial charge on any atom is -0.496 e. The molecule has 1 aromatic carbocycles. The van der Waals surface area contributed by atoms with Gasteiger partial charge in [0.05, 0.1) is 7.11 Å². The molecule has 0 amide bonds. The normalized spacial score (nSPS) is 13.4. The number of hydrogen-bond acceptors (Lipinski definition) is 3. The van der Waals surface area contributed by atoms with Gasteiger partial charge in [-0.3, -0.25) is 0 Å². The van der Waals surface area contributed by atoms with E-state index in [2.05, 4.69) is 5.32 Å². The summed E-state index contributed by atoms with van der Waals surface area (Å²) in [7, 11) is 1.42. The lowest BCUT2D eigenvalue weighted by molar-refractivity contribution is -0.0327. The van der Waals surface area contributed by atoms with Gasteiger partial charge in [0, 0.05) is 23.9 Å².